The van der Waals surface area contributed by atoms with E-state index in [0.717, 1.165) is 44.9 Å². The lowest BCUT2D eigenvalue weighted by Gasteiger charge is -2.12. The molecule has 282 valence electrons. The number of aliphatic hydroxyl groups excluding tert-OH is 2. The molecule has 1 unspecified atom stereocenters. The highest BCUT2D eigenvalue weighted by atomic mass is 16.6. The van der Waals surface area contributed by atoms with E-state index in [0.29, 0.717) is 19.3 Å². The average molecular weight is 687 g/mol. The molecule has 0 heterocycles. The molecule has 0 aliphatic heterocycles. The van der Waals surface area contributed by atoms with Gasteiger partial charge >= 0.3 is 11.9 Å². The molecule has 0 aromatic carbocycles. The standard InChI is InChI=1S/C43H74O6/c1-3-5-7-9-11-12-13-14-15-16-17-18-19-20-24-28-32-36-42(46)48-38-41(45)39-49-43(47)37-33-29-25-22-21-23-27-31-35-40(44)34-30-26-10-8-6-4-2/h6,8,22-23,25-27,30-31,35,40-41,44-45H,3-5,7,9-21,24,28-29,32-34,36-39H2,1-2H3/b8-6-,25-22-,27-23-,30-26-,35-31+/t40?,41-/m0/s1. The van der Waals surface area contributed by atoms with Gasteiger partial charge in [-0.1, -0.05) is 177 Å². The van der Waals surface area contributed by atoms with Gasteiger partial charge in [0.1, 0.15) is 19.3 Å². The van der Waals surface area contributed by atoms with Gasteiger partial charge in [-0.05, 0) is 44.9 Å². The maximum Gasteiger partial charge on any atom is 0.305 e. The Balaban J connectivity index is 3.58. The number of hydrogen-bond acceptors (Lipinski definition) is 6. The molecule has 6 heteroatoms. The summed E-state index contributed by atoms with van der Waals surface area (Å²) in [4.78, 5) is 23.9. The Hall–Kier alpha value is -2.44. The first-order valence-corrected chi connectivity index (χ1v) is 19.9. The Kier molecular flexibility index (Phi) is 36.5. The van der Waals surface area contributed by atoms with E-state index in [1.54, 1.807) is 6.08 Å². The van der Waals surface area contributed by atoms with Crippen molar-refractivity contribution >= 4 is 11.9 Å². The molecule has 0 aliphatic rings. The molecule has 6 nitrogen and oxygen atoms in total. The van der Waals surface area contributed by atoms with E-state index in [1.807, 2.05) is 36.5 Å². The summed E-state index contributed by atoms with van der Waals surface area (Å²) >= 11 is 0. The van der Waals surface area contributed by atoms with Crippen LogP contribution >= 0.6 is 0 Å². The number of carbonyl (C=O) groups excluding carboxylic acids is 2. The third-order valence-corrected chi connectivity index (χ3v) is 8.35. The van der Waals surface area contributed by atoms with E-state index >= 15 is 0 Å². The molecular weight excluding hydrogens is 612 g/mol. The number of ether oxygens (including phenoxy) is 2. The zero-order valence-electron chi connectivity index (χ0n) is 31.5. The monoisotopic (exact) mass is 687 g/mol. The van der Waals surface area contributed by atoms with Crippen molar-refractivity contribution < 1.29 is 29.3 Å². The van der Waals surface area contributed by atoms with Gasteiger partial charge in [0.05, 0.1) is 6.10 Å². The van der Waals surface area contributed by atoms with Crippen LogP contribution in [0, 0.1) is 0 Å². The van der Waals surface area contributed by atoms with E-state index in [1.165, 1.54) is 89.9 Å². The normalized spacial score (nSPS) is 13.5. The van der Waals surface area contributed by atoms with Crippen LogP contribution in [0.4, 0.5) is 0 Å². The first-order chi connectivity index (χ1) is 24.0. The lowest BCUT2D eigenvalue weighted by atomic mass is 10.0. The highest BCUT2D eigenvalue weighted by Gasteiger charge is 2.12. The molecule has 0 aromatic heterocycles. The van der Waals surface area contributed by atoms with Gasteiger partial charge in [-0.15, -0.1) is 0 Å². The summed E-state index contributed by atoms with van der Waals surface area (Å²) in [6.07, 6.45) is 46.0. The first-order valence-electron chi connectivity index (χ1n) is 19.9. The van der Waals surface area contributed by atoms with Gasteiger partial charge in [-0.25, -0.2) is 0 Å². The predicted octanol–water partition coefficient (Wildman–Crippen LogP) is 11.4. The highest BCUT2D eigenvalue weighted by molar-refractivity contribution is 5.69. The minimum atomic E-state index is -1.00. The fourth-order valence-electron chi connectivity index (χ4n) is 5.32. The summed E-state index contributed by atoms with van der Waals surface area (Å²) in [5, 5.41) is 19.9. The van der Waals surface area contributed by atoms with Crippen LogP contribution in [0.5, 0.6) is 0 Å². The fraction of sp³-hybridized carbons (Fsp3) is 0.721. The first kappa shape index (κ1) is 46.6. The second-order valence-electron chi connectivity index (χ2n) is 13.2. The van der Waals surface area contributed by atoms with E-state index in [4.69, 9.17) is 9.47 Å². The third kappa shape index (κ3) is 38.2. The van der Waals surface area contributed by atoms with Crippen LogP contribution in [-0.4, -0.2) is 47.6 Å². The van der Waals surface area contributed by atoms with Gasteiger partial charge in [0.25, 0.3) is 0 Å². The minimum Gasteiger partial charge on any atom is -0.463 e. The lowest BCUT2D eigenvalue weighted by molar-refractivity contribution is -0.152. The van der Waals surface area contributed by atoms with Crippen molar-refractivity contribution in [1.82, 2.24) is 0 Å². The molecule has 0 saturated heterocycles. The number of aliphatic hydroxyl groups is 2. The van der Waals surface area contributed by atoms with Gasteiger partial charge in [0.2, 0.25) is 0 Å². The van der Waals surface area contributed by atoms with Crippen molar-refractivity contribution in [3.8, 4) is 0 Å². The Morgan fingerprint density at radius 2 is 1.00 bits per heavy atom. The molecule has 0 amide bonds. The van der Waals surface area contributed by atoms with E-state index < -0.39 is 12.2 Å². The Morgan fingerprint density at radius 3 is 1.55 bits per heavy atom. The average Bonchev–Trinajstić information content (AvgIpc) is 3.10. The quantitative estimate of drug-likeness (QED) is 0.0298. The number of unbranched alkanes of at least 4 members (excludes halogenated alkanes) is 17. The second kappa shape index (κ2) is 38.4. The molecule has 2 atom stereocenters. The van der Waals surface area contributed by atoms with Crippen molar-refractivity contribution in [3.63, 3.8) is 0 Å². The van der Waals surface area contributed by atoms with Gasteiger partial charge in [0, 0.05) is 12.8 Å². The van der Waals surface area contributed by atoms with Gasteiger partial charge in [-0.3, -0.25) is 9.59 Å². The van der Waals surface area contributed by atoms with Crippen molar-refractivity contribution in [2.75, 3.05) is 13.2 Å². The predicted molar refractivity (Wildman–Crippen MR) is 206 cm³/mol. The van der Waals surface area contributed by atoms with Crippen molar-refractivity contribution in [1.29, 1.82) is 0 Å². The topological polar surface area (TPSA) is 93.1 Å². The van der Waals surface area contributed by atoms with E-state index in [-0.39, 0.29) is 31.6 Å². The highest BCUT2D eigenvalue weighted by Crippen LogP contribution is 2.14. The molecule has 2 N–H and O–H groups in total. The molecule has 0 aliphatic carbocycles. The number of esters is 2. The smallest absolute Gasteiger partial charge is 0.305 e. The van der Waals surface area contributed by atoms with Crippen LogP contribution < -0.4 is 0 Å². The molecule has 0 bridgehead atoms. The third-order valence-electron chi connectivity index (χ3n) is 8.35. The van der Waals surface area contributed by atoms with Crippen LogP contribution in [0.15, 0.2) is 60.8 Å². The Morgan fingerprint density at radius 1 is 0.531 bits per heavy atom. The van der Waals surface area contributed by atoms with E-state index in [2.05, 4.69) is 32.1 Å². The van der Waals surface area contributed by atoms with Crippen molar-refractivity contribution in [2.24, 2.45) is 0 Å². The van der Waals surface area contributed by atoms with Crippen LogP contribution in [0.1, 0.15) is 174 Å². The van der Waals surface area contributed by atoms with Crippen LogP contribution in [-0.2, 0) is 19.1 Å². The van der Waals surface area contributed by atoms with Crippen LogP contribution in [0.25, 0.3) is 0 Å². The minimum absolute atomic E-state index is 0.149. The van der Waals surface area contributed by atoms with Crippen molar-refractivity contribution in [3.05, 3.63) is 60.8 Å². The van der Waals surface area contributed by atoms with Gasteiger partial charge in [0.15, 0.2) is 0 Å². The Labute approximate surface area is 301 Å². The molecule has 0 saturated carbocycles. The molecule has 49 heavy (non-hydrogen) atoms. The summed E-state index contributed by atoms with van der Waals surface area (Å²) in [5.41, 5.74) is 0. The summed E-state index contributed by atoms with van der Waals surface area (Å²) in [5.74, 6) is -0.668. The van der Waals surface area contributed by atoms with E-state index in [9.17, 15) is 19.8 Å². The molecular formula is C43H74O6. The SMILES string of the molecule is CC/C=C\C/C=C\CC(O)/C=C/C=C\C/C=C\CCCC(=O)OC[C@@H](O)COC(=O)CCCCCCCCCCCCCCCCCCC. The number of allylic oxidation sites excluding steroid dienone is 8. The largest absolute Gasteiger partial charge is 0.463 e. The van der Waals surface area contributed by atoms with Crippen LogP contribution in [0.2, 0.25) is 0 Å². The maximum absolute atomic E-state index is 12.0. The Bertz CT molecular complexity index is 887. The summed E-state index contributed by atoms with van der Waals surface area (Å²) in [6.45, 7) is 4.07. The molecule has 0 radical (unpaired) electrons. The number of hydrogen-bond donors (Lipinski definition) is 2. The molecule has 0 spiro atoms. The maximum atomic E-state index is 12.0. The summed E-state index contributed by atoms with van der Waals surface area (Å²) in [6, 6.07) is 0. The van der Waals surface area contributed by atoms with Gasteiger partial charge in [-0.2, -0.15) is 0 Å². The molecule has 0 aromatic rings. The van der Waals surface area contributed by atoms with Crippen molar-refractivity contribution in [2.45, 2.75) is 187 Å². The second-order valence-corrected chi connectivity index (χ2v) is 13.2. The van der Waals surface area contributed by atoms with Gasteiger partial charge < -0.3 is 19.7 Å². The molecule has 0 rings (SSSR count). The fourth-order valence-corrected chi connectivity index (χ4v) is 5.32. The molecule has 0 fully saturated rings. The summed E-state index contributed by atoms with van der Waals surface area (Å²) in [7, 11) is 0. The van der Waals surface area contributed by atoms with Crippen LogP contribution in [0.3, 0.4) is 0 Å². The lowest BCUT2D eigenvalue weighted by Crippen LogP contribution is -2.25. The zero-order chi connectivity index (χ0) is 35.9. The summed E-state index contributed by atoms with van der Waals surface area (Å²) < 4.78 is 10.3. The zero-order valence-corrected chi connectivity index (χ0v) is 31.5. The number of rotatable bonds is 35. The number of carbonyl (C=O) groups is 2.